The van der Waals surface area contributed by atoms with Gasteiger partial charge >= 0.3 is 0 Å². The van der Waals surface area contributed by atoms with Crippen LogP contribution < -0.4 is 0 Å². The second-order valence-electron chi connectivity index (χ2n) is 5.12. The number of allylic oxidation sites excluding steroid dienone is 3. The van der Waals surface area contributed by atoms with Crippen LogP contribution in [0.5, 0.6) is 0 Å². The molecule has 0 aliphatic heterocycles. The summed E-state index contributed by atoms with van der Waals surface area (Å²) >= 11 is 0. The molecule has 1 rings (SSSR count). The molecule has 1 fully saturated rings. The third kappa shape index (κ3) is 3.55. The summed E-state index contributed by atoms with van der Waals surface area (Å²) in [5.74, 6) is 0.534. The Morgan fingerprint density at radius 2 is 2.06 bits per heavy atom. The standard InChI is InChI=1S/C16H25FO/c1-5-7-8-15(17)10-9-13(3)16(18-4)11-14(6-2)12-16/h8-10,14H,3,5-7,11-12H2,1-2,4H3/b10-9-,15-8+. The Morgan fingerprint density at radius 3 is 2.56 bits per heavy atom. The largest absolute Gasteiger partial charge is 0.374 e. The van der Waals surface area contributed by atoms with Gasteiger partial charge in [0, 0.05) is 7.11 Å². The minimum atomic E-state index is -0.248. The van der Waals surface area contributed by atoms with E-state index in [2.05, 4.69) is 13.5 Å². The quantitative estimate of drug-likeness (QED) is 0.582. The molecular formula is C16H25FO. The molecule has 0 atom stereocenters. The normalized spacial score (nSPS) is 28.4. The van der Waals surface area contributed by atoms with E-state index in [1.165, 1.54) is 12.5 Å². The highest BCUT2D eigenvalue weighted by atomic mass is 19.1. The monoisotopic (exact) mass is 252 g/mol. The fourth-order valence-electron chi connectivity index (χ4n) is 2.40. The van der Waals surface area contributed by atoms with E-state index < -0.39 is 0 Å². The van der Waals surface area contributed by atoms with Crippen LogP contribution in [0.15, 0.2) is 36.2 Å². The number of hydrogen-bond acceptors (Lipinski definition) is 1. The third-order valence-electron chi connectivity index (χ3n) is 3.86. The summed E-state index contributed by atoms with van der Waals surface area (Å²) in [7, 11) is 1.72. The van der Waals surface area contributed by atoms with Crippen molar-refractivity contribution in [3.8, 4) is 0 Å². The van der Waals surface area contributed by atoms with Crippen LogP contribution >= 0.6 is 0 Å². The average Bonchev–Trinajstić information content (AvgIpc) is 2.33. The molecule has 0 aromatic carbocycles. The summed E-state index contributed by atoms with van der Waals surface area (Å²) in [5, 5.41) is 0. The predicted molar refractivity (Wildman–Crippen MR) is 75.1 cm³/mol. The van der Waals surface area contributed by atoms with Crippen molar-refractivity contribution in [1.29, 1.82) is 0 Å². The molecule has 102 valence electrons. The topological polar surface area (TPSA) is 9.23 Å². The zero-order valence-corrected chi connectivity index (χ0v) is 11.8. The highest BCUT2D eigenvalue weighted by molar-refractivity contribution is 5.32. The van der Waals surface area contributed by atoms with E-state index in [0.717, 1.165) is 37.2 Å². The highest BCUT2D eigenvalue weighted by Gasteiger charge is 2.44. The van der Waals surface area contributed by atoms with Crippen molar-refractivity contribution >= 4 is 0 Å². The molecule has 0 saturated heterocycles. The average molecular weight is 252 g/mol. The number of methoxy groups -OCH3 is 1. The highest BCUT2D eigenvalue weighted by Crippen LogP contribution is 2.46. The first-order valence-electron chi connectivity index (χ1n) is 6.86. The lowest BCUT2D eigenvalue weighted by molar-refractivity contribution is -0.0733. The summed E-state index contributed by atoms with van der Waals surface area (Å²) in [6.07, 6.45) is 9.78. The fraction of sp³-hybridized carbons (Fsp3) is 0.625. The van der Waals surface area contributed by atoms with Crippen LogP contribution in [0.3, 0.4) is 0 Å². The van der Waals surface area contributed by atoms with Gasteiger partial charge in [-0.1, -0.05) is 39.3 Å². The molecule has 0 radical (unpaired) electrons. The maximum absolute atomic E-state index is 13.4. The van der Waals surface area contributed by atoms with Crippen LogP contribution in [0.1, 0.15) is 46.0 Å². The van der Waals surface area contributed by atoms with E-state index >= 15 is 0 Å². The van der Waals surface area contributed by atoms with Gasteiger partial charge in [0.05, 0.1) is 5.60 Å². The van der Waals surface area contributed by atoms with Gasteiger partial charge in [0.1, 0.15) is 5.83 Å². The summed E-state index contributed by atoms with van der Waals surface area (Å²) in [6, 6.07) is 0. The fourth-order valence-corrected chi connectivity index (χ4v) is 2.40. The van der Waals surface area contributed by atoms with E-state index in [4.69, 9.17) is 4.74 Å². The Hall–Kier alpha value is -0.890. The van der Waals surface area contributed by atoms with Crippen molar-refractivity contribution < 1.29 is 9.13 Å². The Bertz CT molecular complexity index is 335. The van der Waals surface area contributed by atoms with Crippen LogP contribution in [0.4, 0.5) is 4.39 Å². The van der Waals surface area contributed by atoms with Gasteiger partial charge in [-0.25, -0.2) is 4.39 Å². The molecule has 0 unspecified atom stereocenters. The zero-order chi connectivity index (χ0) is 13.6. The number of unbranched alkanes of at least 4 members (excludes halogenated alkanes) is 1. The molecule has 1 aliphatic carbocycles. The summed E-state index contributed by atoms with van der Waals surface area (Å²) in [4.78, 5) is 0. The van der Waals surface area contributed by atoms with E-state index in [9.17, 15) is 4.39 Å². The molecule has 0 amide bonds. The van der Waals surface area contributed by atoms with Crippen LogP contribution in [-0.2, 0) is 4.74 Å². The smallest absolute Gasteiger partial charge is 0.119 e. The lowest BCUT2D eigenvalue weighted by atomic mass is 9.66. The molecular weight excluding hydrogens is 227 g/mol. The maximum atomic E-state index is 13.4. The predicted octanol–water partition coefficient (Wildman–Crippen LogP) is 4.96. The van der Waals surface area contributed by atoms with Crippen molar-refractivity contribution in [1.82, 2.24) is 0 Å². The Morgan fingerprint density at radius 1 is 1.39 bits per heavy atom. The van der Waals surface area contributed by atoms with Crippen molar-refractivity contribution in [3.05, 3.63) is 36.2 Å². The first-order chi connectivity index (χ1) is 8.57. The lowest BCUT2D eigenvalue weighted by Gasteiger charge is -2.47. The molecule has 1 nitrogen and oxygen atoms in total. The SMILES string of the molecule is C=C(/C=C\C(F)=C/CCC)C1(OC)CC(CC)C1. The molecule has 18 heavy (non-hydrogen) atoms. The van der Waals surface area contributed by atoms with Crippen LogP contribution in [0.2, 0.25) is 0 Å². The van der Waals surface area contributed by atoms with Crippen LogP contribution in [0.25, 0.3) is 0 Å². The van der Waals surface area contributed by atoms with Crippen LogP contribution in [-0.4, -0.2) is 12.7 Å². The van der Waals surface area contributed by atoms with Gasteiger partial charge in [-0.3, -0.25) is 0 Å². The Balaban J connectivity index is 2.57. The molecule has 0 aromatic rings. The number of rotatable bonds is 7. The van der Waals surface area contributed by atoms with Gasteiger partial charge in [-0.15, -0.1) is 0 Å². The van der Waals surface area contributed by atoms with E-state index in [0.29, 0.717) is 0 Å². The minimum absolute atomic E-state index is 0.185. The third-order valence-corrected chi connectivity index (χ3v) is 3.86. The molecule has 2 heteroatoms. The minimum Gasteiger partial charge on any atom is -0.374 e. The second kappa shape index (κ2) is 6.89. The molecule has 1 aliphatic rings. The molecule has 1 saturated carbocycles. The summed E-state index contributed by atoms with van der Waals surface area (Å²) in [6.45, 7) is 8.26. The summed E-state index contributed by atoms with van der Waals surface area (Å²) < 4.78 is 19.0. The lowest BCUT2D eigenvalue weighted by Crippen LogP contribution is -2.46. The Kier molecular flexibility index (Phi) is 5.80. The van der Waals surface area contributed by atoms with E-state index in [-0.39, 0.29) is 11.4 Å². The maximum Gasteiger partial charge on any atom is 0.119 e. The Labute approximate surface area is 110 Å². The zero-order valence-electron chi connectivity index (χ0n) is 11.8. The van der Waals surface area contributed by atoms with Crippen molar-refractivity contribution in [2.45, 2.75) is 51.6 Å². The molecule has 0 aromatic heterocycles. The van der Waals surface area contributed by atoms with Crippen LogP contribution in [0, 0.1) is 5.92 Å². The van der Waals surface area contributed by atoms with Gasteiger partial charge in [0.25, 0.3) is 0 Å². The van der Waals surface area contributed by atoms with Gasteiger partial charge in [-0.2, -0.15) is 0 Å². The molecule has 0 spiro atoms. The second-order valence-corrected chi connectivity index (χ2v) is 5.12. The summed E-state index contributed by atoms with van der Waals surface area (Å²) in [5.41, 5.74) is 0.636. The molecule has 0 heterocycles. The van der Waals surface area contributed by atoms with Gasteiger partial charge < -0.3 is 4.74 Å². The van der Waals surface area contributed by atoms with Gasteiger partial charge in [0.15, 0.2) is 0 Å². The number of ether oxygens (including phenoxy) is 1. The van der Waals surface area contributed by atoms with E-state index in [1.807, 2.05) is 6.92 Å². The van der Waals surface area contributed by atoms with Crippen molar-refractivity contribution in [2.75, 3.05) is 7.11 Å². The number of hydrogen-bond donors (Lipinski definition) is 0. The first-order valence-corrected chi connectivity index (χ1v) is 6.86. The van der Waals surface area contributed by atoms with E-state index in [1.54, 1.807) is 19.3 Å². The molecule has 0 bridgehead atoms. The van der Waals surface area contributed by atoms with Gasteiger partial charge in [0.2, 0.25) is 0 Å². The van der Waals surface area contributed by atoms with Crippen molar-refractivity contribution in [2.24, 2.45) is 5.92 Å². The van der Waals surface area contributed by atoms with Crippen molar-refractivity contribution in [3.63, 3.8) is 0 Å². The molecule has 0 N–H and O–H groups in total. The first kappa shape index (κ1) is 15.2. The number of halogens is 1. The van der Waals surface area contributed by atoms with Gasteiger partial charge in [-0.05, 0) is 42.9 Å².